The number of hydrogen-bond acceptors (Lipinski definition) is 4. The Morgan fingerprint density at radius 3 is 2.38 bits per heavy atom. The fourth-order valence-electron chi connectivity index (χ4n) is 4.77. The Bertz CT molecular complexity index is 1360. The van der Waals surface area contributed by atoms with Gasteiger partial charge in [0.05, 0.1) is 0 Å². The van der Waals surface area contributed by atoms with Gasteiger partial charge in [-0.3, -0.25) is 0 Å². The Hall–Kier alpha value is -4.13. The maximum Gasteiger partial charge on any atom is 0.407 e. The fraction of sp³-hybridized carbons (Fsp3) is 0.222. The summed E-state index contributed by atoms with van der Waals surface area (Å²) in [6, 6.07) is 18.9. The topological polar surface area (TPSA) is 93.4 Å². The van der Waals surface area contributed by atoms with Crippen molar-refractivity contribution >= 4 is 23.1 Å². The number of benzene rings is 2. The number of amides is 1. The molecule has 2 aromatic heterocycles. The number of carboxylic acid groups (broad SMARTS) is 1. The molecule has 7 nitrogen and oxygen atoms in total. The van der Waals surface area contributed by atoms with Crippen LogP contribution in [-0.4, -0.2) is 39.4 Å². The van der Waals surface area contributed by atoms with Gasteiger partial charge in [-0.25, -0.2) is 14.6 Å². The number of carboxylic acids is 1. The Morgan fingerprint density at radius 1 is 1.09 bits per heavy atom. The molecule has 2 heterocycles. The third-order valence-corrected chi connectivity index (χ3v) is 6.45. The lowest BCUT2D eigenvalue weighted by Crippen LogP contribution is -2.43. The lowest BCUT2D eigenvalue weighted by atomic mass is 9.98. The quantitative estimate of drug-likeness (QED) is 0.449. The van der Waals surface area contributed by atoms with Crippen molar-refractivity contribution in [3.63, 3.8) is 0 Å². The molecule has 0 bridgehead atoms. The van der Waals surface area contributed by atoms with Crippen molar-refractivity contribution in [1.82, 2.24) is 14.9 Å². The highest BCUT2D eigenvalue weighted by Gasteiger charge is 2.30. The van der Waals surface area contributed by atoms with Gasteiger partial charge >= 0.3 is 12.1 Å². The molecule has 0 saturated carbocycles. The van der Waals surface area contributed by atoms with Gasteiger partial charge in [-0.05, 0) is 46.9 Å². The average molecular weight is 456 g/mol. The molecule has 1 atom stereocenters. The molecule has 1 aliphatic carbocycles. The molecule has 0 saturated heterocycles. The van der Waals surface area contributed by atoms with E-state index in [0.29, 0.717) is 0 Å². The Labute approximate surface area is 197 Å². The summed E-state index contributed by atoms with van der Waals surface area (Å²) in [5.41, 5.74) is 7.03. The number of aliphatic carboxylic acids is 1. The SMILES string of the molecule is Cc1cnc2c(c1)cc(C[C@H](NC(=O)OCC1c3ccccc3-c3ccccc31)C(=O)O)n2C. The van der Waals surface area contributed by atoms with Crippen LogP contribution < -0.4 is 5.32 Å². The summed E-state index contributed by atoms with van der Waals surface area (Å²) in [6.07, 6.45) is 1.14. The van der Waals surface area contributed by atoms with Gasteiger partial charge in [0.15, 0.2) is 0 Å². The first-order chi connectivity index (χ1) is 16.4. The number of hydrogen-bond donors (Lipinski definition) is 2. The zero-order valence-corrected chi connectivity index (χ0v) is 19.0. The molecule has 172 valence electrons. The third kappa shape index (κ3) is 3.90. The van der Waals surface area contributed by atoms with Gasteiger partial charge in [0, 0.05) is 36.7 Å². The maximum atomic E-state index is 12.6. The summed E-state index contributed by atoms with van der Waals surface area (Å²) in [6.45, 7) is 2.08. The third-order valence-electron chi connectivity index (χ3n) is 6.45. The van der Waals surface area contributed by atoms with E-state index in [4.69, 9.17) is 4.74 Å². The van der Waals surface area contributed by atoms with Crippen molar-refractivity contribution in [1.29, 1.82) is 0 Å². The van der Waals surface area contributed by atoms with Crippen LogP contribution in [0.1, 0.15) is 28.3 Å². The summed E-state index contributed by atoms with van der Waals surface area (Å²) in [5, 5.41) is 13.2. The first-order valence-electron chi connectivity index (χ1n) is 11.2. The predicted octanol–water partition coefficient (Wildman–Crippen LogP) is 4.42. The lowest BCUT2D eigenvalue weighted by Gasteiger charge is -2.17. The summed E-state index contributed by atoms with van der Waals surface area (Å²) in [4.78, 5) is 29.0. The van der Waals surface area contributed by atoms with E-state index in [9.17, 15) is 14.7 Å². The van der Waals surface area contributed by atoms with E-state index >= 15 is 0 Å². The van der Waals surface area contributed by atoms with Crippen molar-refractivity contribution in [3.05, 3.63) is 89.2 Å². The van der Waals surface area contributed by atoms with E-state index in [2.05, 4.69) is 22.4 Å². The Kier molecular flexibility index (Phi) is 5.53. The van der Waals surface area contributed by atoms with Gasteiger partial charge in [-0.1, -0.05) is 48.5 Å². The Morgan fingerprint density at radius 2 is 1.74 bits per heavy atom. The van der Waals surface area contributed by atoms with Crippen LogP contribution in [-0.2, 0) is 23.0 Å². The molecule has 2 N–H and O–H groups in total. The van der Waals surface area contributed by atoms with Crippen LogP contribution in [0.4, 0.5) is 4.79 Å². The van der Waals surface area contributed by atoms with E-state index in [0.717, 1.165) is 44.5 Å². The van der Waals surface area contributed by atoms with Gasteiger partial charge in [0.25, 0.3) is 0 Å². The molecule has 0 radical (unpaired) electrons. The van der Waals surface area contributed by atoms with Crippen LogP contribution >= 0.6 is 0 Å². The minimum Gasteiger partial charge on any atom is -0.480 e. The monoisotopic (exact) mass is 455 g/mol. The second-order valence-electron chi connectivity index (χ2n) is 8.69. The number of aryl methyl sites for hydroxylation is 2. The molecule has 1 amide bonds. The van der Waals surface area contributed by atoms with E-state index < -0.39 is 18.1 Å². The highest BCUT2D eigenvalue weighted by atomic mass is 16.5. The first kappa shape index (κ1) is 21.7. The molecule has 1 aliphatic rings. The number of nitrogens with one attached hydrogen (secondary N) is 1. The average Bonchev–Trinajstić information content (AvgIpc) is 3.31. The van der Waals surface area contributed by atoms with Crippen molar-refractivity contribution in [2.45, 2.75) is 25.3 Å². The first-order valence-corrected chi connectivity index (χ1v) is 11.2. The highest BCUT2D eigenvalue weighted by Crippen LogP contribution is 2.44. The molecule has 4 aromatic rings. The summed E-state index contributed by atoms with van der Waals surface area (Å²) >= 11 is 0. The molecule has 0 spiro atoms. The van der Waals surface area contributed by atoms with E-state index in [-0.39, 0.29) is 18.9 Å². The van der Waals surface area contributed by atoms with Crippen molar-refractivity contribution in [3.8, 4) is 11.1 Å². The largest absolute Gasteiger partial charge is 0.480 e. The van der Waals surface area contributed by atoms with Crippen molar-refractivity contribution in [2.75, 3.05) is 6.61 Å². The van der Waals surface area contributed by atoms with Crippen LogP contribution in [0.5, 0.6) is 0 Å². The second kappa shape index (κ2) is 8.67. The molecule has 2 aromatic carbocycles. The Balaban J connectivity index is 1.29. The zero-order valence-electron chi connectivity index (χ0n) is 19.0. The number of rotatable bonds is 6. The van der Waals surface area contributed by atoms with Gasteiger partial charge < -0.3 is 19.7 Å². The second-order valence-corrected chi connectivity index (χ2v) is 8.69. The predicted molar refractivity (Wildman–Crippen MR) is 129 cm³/mol. The number of carbonyl (C=O) groups excluding carboxylic acids is 1. The van der Waals surface area contributed by atoms with Crippen LogP contribution in [0.25, 0.3) is 22.2 Å². The van der Waals surface area contributed by atoms with E-state index in [1.165, 1.54) is 0 Å². The normalized spacial score (nSPS) is 13.4. The minimum absolute atomic E-state index is 0.0890. The van der Waals surface area contributed by atoms with Gasteiger partial charge in [0.1, 0.15) is 18.3 Å². The molecule has 0 aliphatic heterocycles. The van der Waals surface area contributed by atoms with Crippen molar-refractivity contribution < 1.29 is 19.4 Å². The number of alkyl carbamates (subject to hydrolysis) is 1. The highest BCUT2D eigenvalue weighted by molar-refractivity contribution is 5.82. The van der Waals surface area contributed by atoms with Gasteiger partial charge in [0.2, 0.25) is 0 Å². The van der Waals surface area contributed by atoms with Crippen LogP contribution in [0, 0.1) is 6.92 Å². The number of fused-ring (bicyclic) bond motifs is 4. The molecule has 7 heteroatoms. The number of pyridine rings is 1. The summed E-state index contributed by atoms with van der Waals surface area (Å²) < 4.78 is 7.38. The van der Waals surface area contributed by atoms with E-state index in [1.807, 2.05) is 67.1 Å². The number of ether oxygens (including phenoxy) is 1. The standard InChI is InChI=1S/C27H25N3O4/c1-16-11-17-12-18(30(2)25(17)28-14-16)13-24(26(31)32)29-27(33)34-15-23-21-9-5-3-7-19(21)20-8-4-6-10-22(20)23/h3-12,14,23-24H,13,15H2,1-2H3,(H,29,33)(H,31,32)/t24-/m0/s1. The maximum absolute atomic E-state index is 12.6. The number of aromatic nitrogens is 2. The van der Waals surface area contributed by atoms with Crippen LogP contribution in [0.3, 0.4) is 0 Å². The number of nitrogens with zero attached hydrogens (tertiary/aromatic N) is 2. The summed E-state index contributed by atoms with van der Waals surface area (Å²) in [5.74, 6) is -1.21. The molecule has 34 heavy (non-hydrogen) atoms. The molecule has 0 unspecified atom stereocenters. The fourth-order valence-corrected chi connectivity index (χ4v) is 4.77. The molecular weight excluding hydrogens is 430 g/mol. The minimum atomic E-state index is -1.13. The van der Waals surface area contributed by atoms with Gasteiger partial charge in [-0.15, -0.1) is 0 Å². The lowest BCUT2D eigenvalue weighted by molar-refractivity contribution is -0.139. The molecule has 0 fully saturated rings. The van der Waals surface area contributed by atoms with E-state index in [1.54, 1.807) is 6.20 Å². The van der Waals surface area contributed by atoms with Crippen LogP contribution in [0.2, 0.25) is 0 Å². The molecule has 5 rings (SSSR count). The summed E-state index contributed by atoms with van der Waals surface area (Å²) in [7, 11) is 1.84. The smallest absolute Gasteiger partial charge is 0.407 e. The molecular formula is C27H25N3O4. The van der Waals surface area contributed by atoms with Crippen molar-refractivity contribution in [2.24, 2.45) is 7.05 Å². The zero-order chi connectivity index (χ0) is 23.8. The number of carbonyl (C=O) groups is 2. The van der Waals surface area contributed by atoms with Gasteiger partial charge in [-0.2, -0.15) is 0 Å². The van der Waals surface area contributed by atoms with Crippen LogP contribution in [0.15, 0.2) is 66.9 Å².